The quantitative estimate of drug-likeness (QED) is 0.816. The normalized spacial score (nSPS) is 21.6. The van der Waals surface area contributed by atoms with E-state index in [1.165, 1.54) is 0 Å². The number of fused-ring (bicyclic) bond motifs is 2. The summed E-state index contributed by atoms with van der Waals surface area (Å²) in [4.78, 5) is 26.8. The van der Waals surface area contributed by atoms with Crippen LogP contribution in [-0.2, 0) is 4.79 Å². The zero-order valence-electron chi connectivity index (χ0n) is 12.6. The lowest BCUT2D eigenvalue weighted by Crippen LogP contribution is -2.57. The number of carbonyl (C=O) groups excluding carboxylic acids is 2. The van der Waals surface area contributed by atoms with Crippen LogP contribution in [0.1, 0.15) is 22.8 Å². The number of nitrogens with zero attached hydrogens (tertiary/aromatic N) is 1. The lowest BCUT2D eigenvalue weighted by molar-refractivity contribution is -0.120. The third kappa shape index (κ3) is 2.33. The molecule has 2 amide bonds. The van der Waals surface area contributed by atoms with Gasteiger partial charge in [-0.2, -0.15) is 0 Å². The molecule has 5 heteroatoms. The molecule has 1 fully saturated rings. The minimum atomic E-state index is -0.447. The van der Waals surface area contributed by atoms with Crippen molar-refractivity contribution in [2.45, 2.75) is 13.0 Å². The summed E-state index contributed by atoms with van der Waals surface area (Å²) in [6.07, 6.45) is 3.71. The number of carbonyl (C=O) groups is 2. The maximum Gasteiger partial charge on any atom is 0.256 e. The first-order chi connectivity index (χ1) is 10.7. The molecule has 2 aliphatic heterocycles. The second-order valence-electron chi connectivity index (χ2n) is 5.42. The van der Waals surface area contributed by atoms with Gasteiger partial charge >= 0.3 is 0 Å². The second kappa shape index (κ2) is 5.77. The van der Waals surface area contributed by atoms with E-state index in [4.69, 9.17) is 0 Å². The number of nitrogens with one attached hydrogen (secondary N) is 2. The summed E-state index contributed by atoms with van der Waals surface area (Å²) in [7, 11) is 0. The zero-order chi connectivity index (χ0) is 15.7. The number of hydrogen-bond donors (Lipinski definition) is 2. The van der Waals surface area contributed by atoms with Crippen molar-refractivity contribution in [3.8, 4) is 0 Å². The van der Waals surface area contributed by atoms with Gasteiger partial charge in [-0.1, -0.05) is 24.8 Å². The van der Waals surface area contributed by atoms with Crippen molar-refractivity contribution < 1.29 is 9.59 Å². The van der Waals surface area contributed by atoms with Gasteiger partial charge < -0.3 is 15.5 Å². The Labute approximate surface area is 129 Å². The molecule has 0 spiro atoms. The fraction of sp³-hybridized carbons (Fsp3) is 0.294. The first kappa shape index (κ1) is 14.5. The van der Waals surface area contributed by atoms with Gasteiger partial charge in [0.05, 0.1) is 11.3 Å². The molecular formula is C17H19N3O2. The summed E-state index contributed by atoms with van der Waals surface area (Å²) in [6.45, 7) is 7.46. The molecule has 22 heavy (non-hydrogen) atoms. The molecule has 2 N–H and O–H groups in total. The molecule has 5 nitrogen and oxygen atoms in total. The zero-order valence-corrected chi connectivity index (χ0v) is 12.6. The molecule has 1 saturated heterocycles. The van der Waals surface area contributed by atoms with Crippen LogP contribution in [0.4, 0.5) is 5.69 Å². The third-order valence-electron chi connectivity index (χ3n) is 4.18. The van der Waals surface area contributed by atoms with Crippen LogP contribution in [0.25, 0.3) is 5.57 Å². The van der Waals surface area contributed by atoms with Crippen molar-refractivity contribution in [3.63, 3.8) is 0 Å². The summed E-state index contributed by atoms with van der Waals surface area (Å²) in [5, 5.41) is 6.03. The van der Waals surface area contributed by atoms with Crippen LogP contribution < -0.4 is 10.6 Å². The Morgan fingerprint density at radius 3 is 2.95 bits per heavy atom. The molecule has 0 radical (unpaired) electrons. The standard InChI is InChI=1S/C17H19N3O2/c1-3-11(4-2)12-5-6-14-13(9-12)17(22)20-8-7-18-10-15(20)16(21)19-14/h3-6,9,15,18H,1,7-8,10H2,2H3,(H,19,21)/b11-4+. The fourth-order valence-corrected chi connectivity index (χ4v) is 2.96. The summed E-state index contributed by atoms with van der Waals surface area (Å²) < 4.78 is 0. The predicted molar refractivity (Wildman–Crippen MR) is 86.6 cm³/mol. The van der Waals surface area contributed by atoms with E-state index in [1.807, 2.05) is 25.1 Å². The number of hydrogen-bond acceptors (Lipinski definition) is 3. The number of piperazine rings is 1. The topological polar surface area (TPSA) is 61.4 Å². The van der Waals surface area contributed by atoms with Crippen LogP contribution >= 0.6 is 0 Å². The first-order valence-corrected chi connectivity index (χ1v) is 7.41. The minimum Gasteiger partial charge on any atom is -0.324 e. The van der Waals surface area contributed by atoms with E-state index in [9.17, 15) is 9.59 Å². The lowest BCUT2D eigenvalue weighted by Gasteiger charge is -2.33. The summed E-state index contributed by atoms with van der Waals surface area (Å²) in [5.41, 5.74) is 3.00. The molecule has 1 unspecified atom stereocenters. The fourth-order valence-electron chi connectivity index (χ4n) is 2.96. The van der Waals surface area contributed by atoms with Crippen molar-refractivity contribution in [1.29, 1.82) is 0 Å². The molecule has 2 aliphatic rings. The average Bonchev–Trinajstić information content (AvgIpc) is 2.65. The molecule has 114 valence electrons. The highest BCUT2D eigenvalue weighted by atomic mass is 16.2. The van der Waals surface area contributed by atoms with E-state index >= 15 is 0 Å². The Hall–Kier alpha value is -2.40. The highest BCUT2D eigenvalue weighted by Gasteiger charge is 2.36. The maximum atomic E-state index is 12.8. The summed E-state index contributed by atoms with van der Waals surface area (Å²) in [6, 6.07) is 5.07. The molecule has 3 rings (SSSR count). The maximum absolute atomic E-state index is 12.8. The van der Waals surface area contributed by atoms with Gasteiger partial charge in [0.2, 0.25) is 5.91 Å². The van der Waals surface area contributed by atoms with Crippen LogP contribution in [0.3, 0.4) is 0 Å². The Morgan fingerprint density at radius 2 is 2.23 bits per heavy atom. The van der Waals surface area contributed by atoms with Gasteiger partial charge in [-0.3, -0.25) is 9.59 Å². The van der Waals surface area contributed by atoms with Crippen molar-refractivity contribution in [2.24, 2.45) is 0 Å². The van der Waals surface area contributed by atoms with Gasteiger partial charge in [-0.15, -0.1) is 0 Å². The molecule has 1 aromatic carbocycles. The largest absolute Gasteiger partial charge is 0.324 e. The Kier molecular flexibility index (Phi) is 3.81. The minimum absolute atomic E-state index is 0.0961. The molecule has 0 bridgehead atoms. The van der Waals surface area contributed by atoms with E-state index in [1.54, 1.807) is 17.0 Å². The van der Waals surface area contributed by atoms with E-state index in [0.29, 0.717) is 30.9 Å². The van der Waals surface area contributed by atoms with E-state index < -0.39 is 6.04 Å². The van der Waals surface area contributed by atoms with Crippen molar-refractivity contribution in [1.82, 2.24) is 10.2 Å². The number of benzene rings is 1. The molecular weight excluding hydrogens is 278 g/mol. The van der Waals surface area contributed by atoms with Gasteiger partial charge in [0.15, 0.2) is 0 Å². The molecule has 1 aromatic rings. The highest BCUT2D eigenvalue weighted by Crippen LogP contribution is 2.28. The number of rotatable bonds is 2. The van der Waals surface area contributed by atoms with E-state index in [0.717, 1.165) is 11.1 Å². The van der Waals surface area contributed by atoms with Gasteiger partial charge in [-0.25, -0.2) is 0 Å². The van der Waals surface area contributed by atoms with Crippen LogP contribution in [0.2, 0.25) is 0 Å². The van der Waals surface area contributed by atoms with Crippen LogP contribution in [0.5, 0.6) is 0 Å². The van der Waals surface area contributed by atoms with Crippen LogP contribution in [0.15, 0.2) is 36.9 Å². The highest BCUT2D eigenvalue weighted by molar-refractivity contribution is 6.10. The third-order valence-corrected chi connectivity index (χ3v) is 4.18. The van der Waals surface area contributed by atoms with Crippen LogP contribution in [0, 0.1) is 0 Å². The average molecular weight is 297 g/mol. The predicted octanol–water partition coefficient (Wildman–Crippen LogP) is 1.64. The molecule has 0 aromatic heterocycles. The van der Waals surface area contributed by atoms with Gasteiger partial charge in [0.1, 0.15) is 6.04 Å². The molecule has 0 saturated carbocycles. The smallest absolute Gasteiger partial charge is 0.256 e. The van der Waals surface area contributed by atoms with E-state index in [-0.39, 0.29) is 11.8 Å². The summed E-state index contributed by atoms with van der Waals surface area (Å²) >= 11 is 0. The van der Waals surface area contributed by atoms with Crippen LogP contribution in [-0.4, -0.2) is 42.4 Å². The summed E-state index contributed by atoms with van der Waals surface area (Å²) in [5.74, 6) is -0.233. The van der Waals surface area contributed by atoms with Gasteiger partial charge in [-0.05, 0) is 30.2 Å². The monoisotopic (exact) mass is 297 g/mol. The van der Waals surface area contributed by atoms with Gasteiger partial charge in [0, 0.05) is 19.6 Å². The number of allylic oxidation sites excluding steroid dienone is 3. The van der Waals surface area contributed by atoms with Crippen molar-refractivity contribution in [2.75, 3.05) is 25.0 Å². The second-order valence-corrected chi connectivity index (χ2v) is 5.42. The SMILES string of the molecule is C=C/C(=C\C)c1ccc2c(c1)C(=O)N1CCNCC1C(=O)N2. The lowest BCUT2D eigenvalue weighted by atomic mass is 10.0. The molecule has 2 heterocycles. The van der Waals surface area contributed by atoms with Crippen molar-refractivity contribution in [3.05, 3.63) is 48.1 Å². The molecule has 1 atom stereocenters. The van der Waals surface area contributed by atoms with Crippen molar-refractivity contribution >= 4 is 23.1 Å². The Morgan fingerprint density at radius 1 is 1.41 bits per heavy atom. The first-order valence-electron chi connectivity index (χ1n) is 7.41. The Bertz CT molecular complexity index is 678. The molecule has 0 aliphatic carbocycles. The Balaban J connectivity index is 2.07. The number of anilines is 1. The van der Waals surface area contributed by atoms with E-state index in [2.05, 4.69) is 17.2 Å². The van der Waals surface area contributed by atoms with Gasteiger partial charge in [0.25, 0.3) is 5.91 Å². The number of amides is 2.